The van der Waals surface area contributed by atoms with Gasteiger partial charge in [0.25, 0.3) is 5.91 Å². The Balaban J connectivity index is 1.31. The molecule has 1 amide bonds. The minimum absolute atomic E-state index is 0.0618. The molecule has 7 heteroatoms. The van der Waals surface area contributed by atoms with Gasteiger partial charge in [0.05, 0.1) is 11.8 Å². The molecule has 0 bridgehead atoms. The second-order valence-corrected chi connectivity index (χ2v) is 9.60. The van der Waals surface area contributed by atoms with Crippen molar-refractivity contribution in [3.8, 4) is 0 Å². The molecule has 0 spiro atoms. The molecule has 0 aromatic carbocycles. The Labute approximate surface area is 184 Å². The number of amides is 1. The Hall–Kier alpha value is -1.99. The van der Waals surface area contributed by atoms with Gasteiger partial charge in [0, 0.05) is 38.1 Å². The number of aromatic nitrogens is 3. The van der Waals surface area contributed by atoms with Crippen LogP contribution in [0.25, 0.3) is 5.78 Å². The van der Waals surface area contributed by atoms with Crippen LogP contribution in [0.1, 0.15) is 67.5 Å². The van der Waals surface area contributed by atoms with Crippen molar-refractivity contribution in [2.45, 2.75) is 70.4 Å². The number of carbonyl (C=O) groups is 1. The van der Waals surface area contributed by atoms with Gasteiger partial charge >= 0.3 is 0 Å². The molecule has 2 aromatic heterocycles. The fraction of sp³-hybridized carbons (Fsp3) is 0.708. The lowest BCUT2D eigenvalue weighted by atomic mass is 9.94. The number of hydrogen-bond acceptors (Lipinski definition) is 5. The monoisotopic (exact) mass is 425 g/mol. The number of fused-ring (bicyclic) bond motifs is 1. The molecule has 1 saturated carbocycles. The van der Waals surface area contributed by atoms with Gasteiger partial charge in [0.15, 0.2) is 0 Å². The molecular formula is C24H35N5O2. The van der Waals surface area contributed by atoms with Crippen molar-refractivity contribution in [3.05, 3.63) is 29.8 Å². The zero-order valence-corrected chi connectivity index (χ0v) is 18.7. The van der Waals surface area contributed by atoms with E-state index in [0.29, 0.717) is 23.9 Å². The molecule has 1 atom stereocenters. The van der Waals surface area contributed by atoms with Crippen LogP contribution in [0, 0.1) is 12.8 Å². The highest BCUT2D eigenvalue weighted by Gasteiger charge is 2.32. The molecule has 2 aromatic rings. The van der Waals surface area contributed by atoms with E-state index in [1.807, 2.05) is 23.6 Å². The largest absolute Gasteiger partial charge is 0.376 e. The fourth-order valence-corrected chi connectivity index (χ4v) is 5.76. The Kier molecular flexibility index (Phi) is 6.23. The van der Waals surface area contributed by atoms with Crippen LogP contribution in [-0.2, 0) is 4.74 Å². The average molecular weight is 426 g/mol. The number of piperidine rings is 1. The van der Waals surface area contributed by atoms with Crippen molar-refractivity contribution in [3.63, 3.8) is 0 Å². The predicted octanol–water partition coefficient (Wildman–Crippen LogP) is 3.31. The number of aryl methyl sites for hydroxylation is 1. The molecule has 3 fully saturated rings. The van der Waals surface area contributed by atoms with Crippen molar-refractivity contribution in [2.75, 3.05) is 32.8 Å². The predicted molar refractivity (Wildman–Crippen MR) is 119 cm³/mol. The zero-order chi connectivity index (χ0) is 21.2. The van der Waals surface area contributed by atoms with E-state index in [1.54, 1.807) is 6.20 Å². The summed E-state index contributed by atoms with van der Waals surface area (Å²) in [7, 11) is 0. The van der Waals surface area contributed by atoms with E-state index >= 15 is 0 Å². The van der Waals surface area contributed by atoms with Crippen LogP contribution in [-0.4, -0.2) is 75.0 Å². The van der Waals surface area contributed by atoms with E-state index in [-0.39, 0.29) is 12.0 Å². The van der Waals surface area contributed by atoms with Crippen LogP contribution in [0.15, 0.2) is 18.5 Å². The first-order chi connectivity index (χ1) is 15.2. The smallest absolute Gasteiger partial charge is 0.272 e. The minimum atomic E-state index is 0.0618. The summed E-state index contributed by atoms with van der Waals surface area (Å²) in [5, 5.41) is 0. The van der Waals surface area contributed by atoms with Gasteiger partial charge in [-0.25, -0.2) is 9.97 Å². The molecule has 5 rings (SSSR count). The highest BCUT2D eigenvalue weighted by Crippen LogP contribution is 2.29. The molecule has 1 unspecified atom stereocenters. The summed E-state index contributed by atoms with van der Waals surface area (Å²) >= 11 is 0. The first-order valence-electron chi connectivity index (χ1n) is 12.1. The van der Waals surface area contributed by atoms with E-state index in [0.717, 1.165) is 37.7 Å². The molecule has 0 N–H and O–H groups in total. The molecule has 7 nitrogen and oxygen atoms in total. The minimum Gasteiger partial charge on any atom is -0.376 e. The Morgan fingerprint density at radius 1 is 1.13 bits per heavy atom. The van der Waals surface area contributed by atoms with Crippen molar-refractivity contribution >= 4 is 11.7 Å². The molecule has 168 valence electrons. The van der Waals surface area contributed by atoms with E-state index < -0.39 is 0 Å². The van der Waals surface area contributed by atoms with Gasteiger partial charge in [0.2, 0.25) is 5.78 Å². The number of ether oxygens (including phenoxy) is 1. The Morgan fingerprint density at radius 3 is 2.68 bits per heavy atom. The standard InChI is InChI=1S/C24H35N5O2/c1-18-22(29-12-5-11-25-24(29)26-18)23(30)28(17-21-8-4-15-31-21)16-19-9-13-27(14-10-19)20-6-2-3-7-20/h5,11-12,19-21H,2-4,6-10,13-17H2,1H3. The van der Waals surface area contributed by atoms with Crippen LogP contribution < -0.4 is 0 Å². The summed E-state index contributed by atoms with van der Waals surface area (Å²) in [6.07, 6.45) is 13.8. The topological polar surface area (TPSA) is 63.0 Å². The van der Waals surface area contributed by atoms with Gasteiger partial charge in [-0.15, -0.1) is 0 Å². The van der Waals surface area contributed by atoms with E-state index in [2.05, 4.69) is 19.8 Å². The van der Waals surface area contributed by atoms with E-state index in [1.165, 1.54) is 51.6 Å². The van der Waals surface area contributed by atoms with Crippen molar-refractivity contribution in [1.82, 2.24) is 24.2 Å². The molecular weight excluding hydrogens is 390 g/mol. The number of likely N-dealkylation sites (tertiary alicyclic amines) is 1. The maximum Gasteiger partial charge on any atom is 0.272 e. The third-order valence-electron chi connectivity index (χ3n) is 7.48. The maximum absolute atomic E-state index is 13.7. The lowest BCUT2D eigenvalue weighted by molar-refractivity contribution is 0.0424. The van der Waals surface area contributed by atoms with Gasteiger partial charge in [-0.3, -0.25) is 9.20 Å². The summed E-state index contributed by atoms with van der Waals surface area (Å²) in [6.45, 7) is 6.56. The first-order valence-corrected chi connectivity index (χ1v) is 12.1. The molecule has 31 heavy (non-hydrogen) atoms. The summed E-state index contributed by atoms with van der Waals surface area (Å²) < 4.78 is 7.74. The van der Waals surface area contributed by atoms with Gasteiger partial charge in [0.1, 0.15) is 5.69 Å². The highest BCUT2D eigenvalue weighted by molar-refractivity contribution is 5.94. The lowest BCUT2D eigenvalue weighted by Gasteiger charge is -2.38. The maximum atomic E-state index is 13.7. The van der Waals surface area contributed by atoms with Crippen LogP contribution >= 0.6 is 0 Å². The third kappa shape index (κ3) is 4.48. The number of carbonyl (C=O) groups excluding carboxylic acids is 1. The van der Waals surface area contributed by atoms with Crippen LogP contribution in [0.4, 0.5) is 0 Å². The normalized spacial score (nSPS) is 23.7. The Morgan fingerprint density at radius 2 is 1.94 bits per heavy atom. The van der Waals surface area contributed by atoms with Gasteiger partial charge in [-0.2, -0.15) is 0 Å². The van der Waals surface area contributed by atoms with Gasteiger partial charge in [-0.1, -0.05) is 12.8 Å². The Bertz CT molecular complexity index is 893. The SMILES string of the molecule is Cc1nc2ncccn2c1C(=O)N(CC1CCN(C2CCCC2)CC1)CC1CCCO1. The summed E-state index contributed by atoms with van der Waals surface area (Å²) in [6, 6.07) is 2.66. The summed E-state index contributed by atoms with van der Waals surface area (Å²) in [5.74, 6) is 1.21. The molecule has 2 saturated heterocycles. The second kappa shape index (κ2) is 9.25. The third-order valence-corrected chi connectivity index (χ3v) is 7.48. The molecule has 4 heterocycles. The average Bonchev–Trinajstić information content (AvgIpc) is 3.54. The van der Waals surface area contributed by atoms with Gasteiger partial charge in [-0.05, 0) is 70.5 Å². The van der Waals surface area contributed by atoms with Crippen LogP contribution in [0.3, 0.4) is 0 Å². The first kappa shape index (κ1) is 20.9. The van der Waals surface area contributed by atoms with Crippen molar-refractivity contribution < 1.29 is 9.53 Å². The zero-order valence-electron chi connectivity index (χ0n) is 18.7. The summed E-state index contributed by atoms with van der Waals surface area (Å²) in [4.78, 5) is 27.3. The van der Waals surface area contributed by atoms with E-state index in [4.69, 9.17) is 4.74 Å². The van der Waals surface area contributed by atoms with Gasteiger partial charge < -0.3 is 14.5 Å². The number of nitrogens with zero attached hydrogens (tertiary/aromatic N) is 5. The highest BCUT2D eigenvalue weighted by atomic mass is 16.5. The fourth-order valence-electron chi connectivity index (χ4n) is 5.76. The van der Waals surface area contributed by atoms with Crippen molar-refractivity contribution in [2.24, 2.45) is 5.92 Å². The molecule has 0 radical (unpaired) electrons. The van der Waals surface area contributed by atoms with E-state index in [9.17, 15) is 4.79 Å². The van der Waals surface area contributed by atoms with Crippen molar-refractivity contribution in [1.29, 1.82) is 0 Å². The summed E-state index contributed by atoms with van der Waals surface area (Å²) in [5.41, 5.74) is 1.39. The van der Waals surface area contributed by atoms with Crippen LogP contribution in [0.5, 0.6) is 0 Å². The molecule has 2 aliphatic heterocycles. The lowest BCUT2D eigenvalue weighted by Crippen LogP contribution is -2.45. The second-order valence-electron chi connectivity index (χ2n) is 9.60. The number of rotatable bonds is 6. The quantitative estimate of drug-likeness (QED) is 0.711. The number of imidazole rings is 1. The number of hydrogen-bond donors (Lipinski definition) is 0. The molecule has 3 aliphatic rings. The molecule has 1 aliphatic carbocycles. The van der Waals surface area contributed by atoms with Crippen LogP contribution in [0.2, 0.25) is 0 Å².